The number of amides is 1. The molecule has 2 rings (SSSR count). The van der Waals surface area contributed by atoms with Crippen molar-refractivity contribution < 1.29 is 22.4 Å². The lowest BCUT2D eigenvalue weighted by atomic mass is 9.87. The fraction of sp³-hybridized carbons (Fsp3) is 0.462. The molecule has 0 fully saturated rings. The van der Waals surface area contributed by atoms with Crippen LogP contribution >= 0.6 is 12.4 Å². The van der Waals surface area contributed by atoms with Gasteiger partial charge in [-0.3, -0.25) is 4.79 Å². The number of hydrogen-bond donors (Lipinski definition) is 2. The van der Waals surface area contributed by atoms with Gasteiger partial charge in [0.2, 0.25) is 0 Å². The molecule has 0 heterocycles. The van der Waals surface area contributed by atoms with Crippen LogP contribution in [-0.4, -0.2) is 18.3 Å². The Kier molecular flexibility index (Phi) is 5.44. The van der Waals surface area contributed by atoms with Gasteiger partial charge in [-0.15, -0.1) is 12.4 Å². The number of rotatable bonds is 3. The molecule has 1 aromatic carbocycles. The summed E-state index contributed by atoms with van der Waals surface area (Å²) in [5, 5.41) is 2.01. The van der Waals surface area contributed by atoms with E-state index >= 15 is 0 Å². The lowest BCUT2D eigenvalue weighted by Gasteiger charge is -2.28. The highest BCUT2D eigenvalue weighted by molar-refractivity contribution is 5.85. The topological polar surface area (TPSA) is 55.1 Å². The number of halogens is 5. The van der Waals surface area contributed by atoms with Crippen LogP contribution in [0.1, 0.15) is 30.0 Å². The summed E-state index contributed by atoms with van der Waals surface area (Å²) in [6.07, 6.45) is -2.20. The Labute approximate surface area is 125 Å². The number of anilines is 1. The summed E-state index contributed by atoms with van der Waals surface area (Å²) in [4.78, 5) is 11.3. The molecule has 21 heavy (non-hydrogen) atoms. The summed E-state index contributed by atoms with van der Waals surface area (Å²) in [7, 11) is 0. The van der Waals surface area contributed by atoms with Crippen molar-refractivity contribution in [2.75, 3.05) is 5.73 Å². The van der Waals surface area contributed by atoms with Gasteiger partial charge in [0, 0.05) is 5.69 Å². The average molecular weight is 327 g/mol. The van der Waals surface area contributed by atoms with Gasteiger partial charge in [-0.1, -0.05) is 6.07 Å². The predicted molar refractivity (Wildman–Crippen MR) is 72.9 cm³/mol. The summed E-state index contributed by atoms with van der Waals surface area (Å²) in [6, 6.07) is 4.25. The molecule has 8 heteroatoms. The zero-order chi connectivity index (χ0) is 14.9. The molecule has 0 saturated carbocycles. The zero-order valence-electron chi connectivity index (χ0n) is 10.9. The van der Waals surface area contributed by atoms with Crippen LogP contribution in [-0.2, 0) is 11.2 Å². The predicted octanol–water partition coefficient (Wildman–Crippen LogP) is 3.08. The third-order valence-electron chi connectivity index (χ3n) is 3.36. The van der Waals surface area contributed by atoms with Gasteiger partial charge >= 0.3 is 12.3 Å². The van der Waals surface area contributed by atoms with Crippen molar-refractivity contribution in [3.63, 3.8) is 0 Å². The van der Waals surface area contributed by atoms with Gasteiger partial charge < -0.3 is 11.1 Å². The number of nitrogens with one attached hydrogen (secondary N) is 1. The maximum Gasteiger partial charge on any atom is 0.383 e. The molecule has 1 aliphatic rings. The van der Waals surface area contributed by atoms with Crippen LogP contribution in [0.4, 0.5) is 23.2 Å². The minimum atomic E-state index is -4.68. The van der Waals surface area contributed by atoms with Gasteiger partial charge in [-0.05, 0) is 42.5 Å². The Bertz CT molecular complexity index is 525. The lowest BCUT2D eigenvalue weighted by molar-refractivity contribution is -0.170. The van der Waals surface area contributed by atoms with E-state index in [0.29, 0.717) is 24.1 Å². The molecule has 1 amide bonds. The van der Waals surface area contributed by atoms with Crippen LogP contribution < -0.4 is 11.1 Å². The third-order valence-corrected chi connectivity index (χ3v) is 3.36. The van der Waals surface area contributed by atoms with Crippen molar-refractivity contribution in [1.29, 1.82) is 0 Å². The van der Waals surface area contributed by atoms with Crippen molar-refractivity contribution in [2.45, 2.75) is 37.7 Å². The molecule has 0 saturated heterocycles. The number of carbonyl (C=O) groups is 1. The van der Waals surface area contributed by atoms with Gasteiger partial charge in [-0.25, -0.2) is 8.78 Å². The van der Waals surface area contributed by atoms with Gasteiger partial charge in [0.25, 0.3) is 5.91 Å². The molecule has 0 aliphatic heterocycles. The molecule has 1 atom stereocenters. The number of benzene rings is 1. The van der Waals surface area contributed by atoms with E-state index in [1.54, 1.807) is 18.2 Å². The smallest absolute Gasteiger partial charge is 0.383 e. The molecule has 1 aliphatic carbocycles. The standard InChI is InChI=1S/C13H14F4N2O.ClH/c14-11(15)13(16,17)12(20)19-10-3-1-2-7-6-8(18)4-5-9(7)10;/h4-6,10-11H,1-3,18H2,(H,19,20);1H. The number of nitrogen functional groups attached to an aromatic ring is 1. The summed E-state index contributed by atoms with van der Waals surface area (Å²) >= 11 is 0. The molecule has 0 bridgehead atoms. The number of nitrogens with two attached hydrogens (primary N) is 1. The van der Waals surface area contributed by atoms with Crippen LogP contribution in [0.3, 0.4) is 0 Å². The minimum Gasteiger partial charge on any atom is -0.399 e. The van der Waals surface area contributed by atoms with E-state index in [9.17, 15) is 22.4 Å². The summed E-state index contributed by atoms with van der Waals surface area (Å²) in [5.74, 6) is -6.62. The van der Waals surface area contributed by atoms with Gasteiger partial charge in [0.05, 0.1) is 6.04 Å². The Morgan fingerprint density at radius 2 is 2.05 bits per heavy atom. The molecule has 0 aromatic heterocycles. The molecular weight excluding hydrogens is 312 g/mol. The van der Waals surface area contributed by atoms with E-state index in [1.807, 2.05) is 5.32 Å². The molecule has 3 N–H and O–H groups in total. The first-order valence-electron chi connectivity index (χ1n) is 6.17. The second-order valence-corrected chi connectivity index (χ2v) is 4.80. The zero-order valence-corrected chi connectivity index (χ0v) is 11.7. The SMILES string of the molecule is Cl.Nc1ccc2c(c1)CCCC2NC(=O)C(F)(F)C(F)F. The van der Waals surface area contributed by atoms with E-state index in [2.05, 4.69) is 0 Å². The lowest BCUT2D eigenvalue weighted by Crippen LogP contribution is -2.46. The fourth-order valence-electron chi connectivity index (χ4n) is 2.34. The molecule has 3 nitrogen and oxygen atoms in total. The van der Waals surface area contributed by atoms with Crippen LogP contribution in [0, 0.1) is 0 Å². The van der Waals surface area contributed by atoms with Crippen molar-refractivity contribution in [3.8, 4) is 0 Å². The van der Waals surface area contributed by atoms with E-state index in [1.165, 1.54) is 0 Å². The highest BCUT2D eigenvalue weighted by atomic mass is 35.5. The quantitative estimate of drug-likeness (QED) is 0.662. The van der Waals surface area contributed by atoms with Gasteiger partial charge in [0.15, 0.2) is 0 Å². The largest absolute Gasteiger partial charge is 0.399 e. The molecular formula is C13H15ClF4N2O. The van der Waals surface area contributed by atoms with Crippen molar-refractivity contribution >= 4 is 24.0 Å². The van der Waals surface area contributed by atoms with E-state index in [-0.39, 0.29) is 12.4 Å². The second kappa shape index (κ2) is 6.51. The number of hydrogen-bond acceptors (Lipinski definition) is 2. The van der Waals surface area contributed by atoms with Crippen molar-refractivity contribution in [3.05, 3.63) is 29.3 Å². The fourth-order valence-corrected chi connectivity index (χ4v) is 2.34. The molecule has 0 radical (unpaired) electrons. The average Bonchev–Trinajstić information content (AvgIpc) is 2.38. The first-order chi connectivity index (χ1) is 9.32. The highest BCUT2D eigenvalue weighted by Gasteiger charge is 2.49. The summed E-state index contributed by atoms with van der Waals surface area (Å²) < 4.78 is 50.2. The molecule has 1 aromatic rings. The maximum absolute atomic E-state index is 13.0. The third kappa shape index (κ3) is 3.58. The summed E-state index contributed by atoms with van der Waals surface area (Å²) in [5.41, 5.74) is 7.67. The van der Waals surface area contributed by atoms with Gasteiger partial charge in [-0.2, -0.15) is 8.78 Å². The minimum absolute atomic E-state index is 0. The van der Waals surface area contributed by atoms with E-state index < -0.39 is 24.3 Å². The van der Waals surface area contributed by atoms with E-state index in [4.69, 9.17) is 5.73 Å². The molecule has 0 spiro atoms. The maximum atomic E-state index is 13.0. The molecule has 118 valence electrons. The van der Waals surface area contributed by atoms with Crippen molar-refractivity contribution in [2.24, 2.45) is 0 Å². The Hall–Kier alpha value is -1.50. The Morgan fingerprint density at radius 1 is 1.38 bits per heavy atom. The Balaban J connectivity index is 0.00000220. The Morgan fingerprint density at radius 3 is 2.67 bits per heavy atom. The van der Waals surface area contributed by atoms with Crippen LogP contribution in [0.5, 0.6) is 0 Å². The van der Waals surface area contributed by atoms with Crippen LogP contribution in [0.2, 0.25) is 0 Å². The number of aryl methyl sites for hydroxylation is 1. The van der Waals surface area contributed by atoms with Gasteiger partial charge in [0.1, 0.15) is 0 Å². The first-order valence-corrected chi connectivity index (χ1v) is 6.17. The first kappa shape index (κ1) is 17.6. The number of alkyl halides is 4. The number of fused-ring (bicyclic) bond motifs is 1. The molecule has 1 unspecified atom stereocenters. The van der Waals surface area contributed by atoms with E-state index in [0.717, 1.165) is 12.0 Å². The van der Waals surface area contributed by atoms with Crippen LogP contribution in [0.25, 0.3) is 0 Å². The number of carbonyl (C=O) groups excluding carboxylic acids is 1. The van der Waals surface area contributed by atoms with Crippen LogP contribution in [0.15, 0.2) is 18.2 Å². The van der Waals surface area contributed by atoms with Crippen molar-refractivity contribution in [1.82, 2.24) is 5.32 Å². The normalized spacial score (nSPS) is 17.9. The second-order valence-electron chi connectivity index (χ2n) is 4.80. The highest BCUT2D eigenvalue weighted by Crippen LogP contribution is 2.32. The monoisotopic (exact) mass is 326 g/mol. The summed E-state index contributed by atoms with van der Waals surface area (Å²) in [6.45, 7) is 0.